The van der Waals surface area contributed by atoms with Crippen molar-refractivity contribution in [3.63, 3.8) is 0 Å². The van der Waals surface area contributed by atoms with Crippen LogP contribution in [0.15, 0.2) is 41.5 Å². The van der Waals surface area contributed by atoms with Crippen LogP contribution in [0.5, 0.6) is 0 Å². The van der Waals surface area contributed by atoms with Gasteiger partial charge in [0.25, 0.3) is 5.56 Å². The molecule has 2 rings (SSSR count). The summed E-state index contributed by atoms with van der Waals surface area (Å²) < 4.78 is 1.17. The molecule has 1 amide bonds. The molecule has 1 unspecified atom stereocenters. The van der Waals surface area contributed by atoms with Gasteiger partial charge in [-0.15, -0.1) is 0 Å². The molecule has 1 N–H and O–H groups in total. The predicted octanol–water partition coefficient (Wildman–Crippen LogP) is 1.22. The molecule has 2 aromatic heterocycles. The second-order valence-electron chi connectivity index (χ2n) is 4.83. The molecule has 21 heavy (non-hydrogen) atoms. The number of hydrogen-bond acceptors (Lipinski definition) is 4. The van der Waals surface area contributed by atoms with Crippen LogP contribution >= 0.6 is 0 Å². The van der Waals surface area contributed by atoms with E-state index in [-0.39, 0.29) is 24.1 Å². The first-order chi connectivity index (χ1) is 10.1. The van der Waals surface area contributed by atoms with E-state index in [4.69, 9.17) is 0 Å². The molecule has 0 aliphatic heterocycles. The summed E-state index contributed by atoms with van der Waals surface area (Å²) in [6.45, 7) is 3.82. The van der Waals surface area contributed by atoms with Crippen molar-refractivity contribution < 1.29 is 4.79 Å². The quantitative estimate of drug-likeness (QED) is 0.896. The zero-order valence-electron chi connectivity index (χ0n) is 12.1. The summed E-state index contributed by atoms with van der Waals surface area (Å²) in [6, 6.07) is 6.76. The standard InChI is InChI=1S/C15H18N4O2/c1-3-11(2)17-14(20)10-19-15(21)7-6-13(18-19)12-5-4-8-16-9-12/h4-9,11H,3,10H2,1-2H3,(H,17,20). The number of carbonyl (C=O) groups excluding carboxylic acids is 1. The van der Waals surface area contributed by atoms with Crippen molar-refractivity contribution in [3.8, 4) is 11.3 Å². The molecule has 0 radical (unpaired) electrons. The molecular formula is C15H18N4O2. The minimum absolute atomic E-state index is 0.0784. The molecule has 0 bridgehead atoms. The van der Waals surface area contributed by atoms with Gasteiger partial charge in [0.15, 0.2) is 0 Å². The van der Waals surface area contributed by atoms with Gasteiger partial charge in [-0.3, -0.25) is 14.6 Å². The van der Waals surface area contributed by atoms with E-state index in [1.54, 1.807) is 24.5 Å². The monoisotopic (exact) mass is 286 g/mol. The summed E-state index contributed by atoms with van der Waals surface area (Å²) >= 11 is 0. The van der Waals surface area contributed by atoms with E-state index in [1.165, 1.54) is 10.7 Å². The third kappa shape index (κ3) is 3.98. The minimum Gasteiger partial charge on any atom is -0.352 e. The number of aromatic nitrogens is 3. The predicted molar refractivity (Wildman–Crippen MR) is 79.6 cm³/mol. The molecule has 6 heteroatoms. The Morgan fingerprint density at radius 2 is 2.19 bits per heavy atom. The van der Waals surface area contributed by atoms with Crippen LogP contribution in [0.1, 0.15) is 20.3 Å². The van der Waals surface area contributed by atoms with Crippen molar-refractivity contribution in [3.05, 3.63) is 47.0 Å². The summed E-state index contributed by atoms with van der Waals surface area (Å²) in [5, 5.41) is 7.03. The number of amides is 1. The largest absolute Gasteiger partial charge is 0.352 e. The maximum atomic E-state index is 11.9. The molecule has 0 aliphatic rings. The second-order valence-corrected chi connectivity index (χ2v) is 4.83. The summed E-state index contributed by atoms with van der Waals surface area (Å²) in [7, 11) is 0. The Hall–Kier alpha value is -2.50. The van der Waals surface area contributed by atoms with Crippen molar-refractivity contribution in [2.75, 3.05) is 0 Å². The van der Waals surface area contributed by atoms with Gasteiger partial charge in [-0.1, -0.05) is 6.92 Å². The SMILES string of the molecule is CCC(C)NC(=O)Cn1nc(-c2cccnc2)ccc1=O. The molecule has 0 aliphatic carbocycles. The van der Waals surface area contributed by atoms with Crippen LogP contribution in [0.25, 0.3) is 11.3 Å². The van der Waals surface area contributed by atoms with Gasteiger partial charge in [0.2, 0.25) is 5.91 Å². The number of carbonyl (C=O) groups is 1. The zero-order valence-corrected chi connectivity index (χ0v) is 12.1. The zero-order chi connectivity index (χ0) is 15.2. The van der Waals surface area contributed by atoms with E-state index in [0.717, 1.165) is 12.0 Å². The Morgan fingerprint density at radius 3 is 2.86 bits per heavy atom. The lowest BCUT2D eigenvalue weighted by Crippen LogP contribution is -2.37. The van der Waals surface area contributed by atoms with Crippen LogP contribution in [-0.2, 0) is 11.3 Å². The smallest absolute Gasteiger partial charge is 0.267 e. The van der Waals surface area contributed by atoms with Gasteiger partial charge < -0.3 is 5.32 Å². The summed E-state index contributed by atoms with van der Waals surface area (Å²) in [6.07, 6.45) is 4.17. The number of pyridine rings is 1. The van der Waals surface area contributed by atoms with Gasteiger partial charge in [-0.25, -0.2) is 4.68 Å². The molecule has 0 saturated heterocycles. The average molecular weight is 286 g/mol. The fourth-order valence-corrected chi connectivity index (χ4v) is 1.79. The van der Waals surface area contributed by atoms with Gasteiger partial charge >= 0.3 is 0 Å². The van der Waals surface area contributed by atoms with E-state index in [0.29, 0.717) is 5.69 Å². The second kappa shape index (κ2) is 6.78. The van der Waals surface area contributed by atoms with Gasteiger partial charge in [0.1, 0.15) is 6.54 Å². The van der Waals surface area contributed by atoms with Crippen LogP contribution in [0, 0.1) is 0 Å². The van der Waals surface area contributed by atoms with E-state index < -0.39 is 0 Å². The Bertz CT molecular complexity index is 667. The molecule has 110 valence electrons. The maximum Gasteiger partial charge on any atom is 0.267 e. The van der Waals surface area contributed by atoms with Crippen molar-refractivity contribution in [2.24, 2.45) is 0 Å². The van der Waals surface area contributed by atoms with E-state index >= 15 is 0 Å². The van der Waals surface area contributed by atoms with E-state index in [2.05, 4.69) is 15.4 Å². The van der Waals surface area contributed by atoms with Gasteiger partial charge in [-0.05, 0) is 31.5 Å². The summed E-state index contributed by atoms with van der Waals surface area (Å²) in [5.41, 5.74) is 1.11. The van der Waals surface area contributed by atoms with Crippen LogP contribution in [-0.4, -0.2) is 26.7 Å². The molecule has 0 saturated carbocycles. The third-order valence-electron chi connectivity index (χ3n) is 3.14. The Kier molecular flexibility index (Phi) is 4.81. The highest BCUT2D eigenvalue weighted by atomic mass is 16.2. The van der Waals surface area contributed by atoms with Crippen molar-refractivity contribution in [1.29, 1.82) is 0 Å². The van der Waals surface area contributed by atoms with Crippen molar-refractivity contribution >= 4 is 5.91 Å². The van der Waals surface area contributed by atoms with Crippen molar-refractivity contribution in [2.45, 2.75) is 32.9 Å². The highest BCUT2D eigenvalue weighted by Gasteiger charge is 2.09. The Morgan fingerprint density at radius 1 is 1.38 bits per heavy atom. The highest BCUT2D eigenvalue weighted by Crippen LogP contribution is 2.12. The Labute approximate surface area is 122 Å². The molecule has 6 nitrogen and oxygen atoms in total. The maximum absolute atomic E-state index is 11.9. The number of hydrogen-bond donors (Lipinski definition) is 1. The topological polar surface area (TPSA) is 76.9 Å². The van der Waals surface area contributed by atoms with Crippen LogP contribution in [0.4, 0.5) is 0 Å². The number of nitrogens with one attached hydrogen (secondary N) is 1. The molecule has 0 aromatic carbocycles. The summed E-state index contributed by atoms with van der Waals surface area (Å²) in [4.78, 5) is 27.7. The lowest BCUT2D eigenvalue weighted by molar-refractivity contribution is -0.122. The number of nitrogens with zero attached hydrogens (tertiary/aromatic N) is 3. The fourth-order valence-electron chi connectivity index (χ4n) is 1.79. The molecular weight excluding hydrogens is 268 g/mol. The molecule has 2 aromatic rings. The highest BCUT2D eigenvalue weighted by molar-refractivity contribution is 5.75. The van der Waals surface area contributed by atoms with Gasteiger partial charge in [0.05, 0.1) is 5.69 Å². The van der Waals surface area contributed by atoms with E-state index in [1.807, 2.05) is 19.9 Å². The molecule has 0 spiro atoms. The third-order valence-corrected chi connectivity index (χ3v) is 3.14. The molecule has 1 atom stereocenters. The number of rotatable bonds is 5. The molecule has 0 fully saturated rings. The fraction of sp³-hybridized carbons (Fsp3) is 0.333. The summed E-state index contributed by atoms with van der Waals surface area (Å²) in [5.74, 6) is -0.220. The van der Waals surface area contributed by atoms with Crippen LogP contribution in [0.2, 0.25) is 0 Å². The molecule has 2 heterocycles. The normalized spacial score (nSPS) is 11.9. The van der Waals surface area contributed by atoms with Gasteiger partial charge in [0, 0.05) is 30.1 Å². The van der Waals surface area contributed by atoms with E-state index in [9.17, 15) is 9.59 Å². The van der Waals surface area contributed by atoms with Crippen LogP contribution < -0.4 is 10.9 Å². The lowest BCUT2D eigenvalue weighted by atomic mass is 10.2. The minimum atomic E-state index is -0.304. The first kappa shape index (κ1) is 14.9. The first-order valence-corrected chi connectivity index (χ1v) is 6.88. The van der Waals surface area contributed by atoms with Gasteiger partial charge in [-0.2, -0.15) is 5.10 Å². The van der Waals surface area contributed by atoms with Crippen molar-refractivity contribution in [1.82, 2.24) is 20.1 Å². The van der Waals surface area contributed by atoms with Crippen LogP contribution in [0.3, 0.4) is 0 Å². The lowest BCUT2D eigenvalue weighted by Gasteiger charge is -2.12. The average Bonchev–Trinajstić information content (AvgIpc) is 2.50. The first-order valence-electron chi connectivity index (χ1n) is 6.88. The Balaban J connectivity index is 2.20.